The molecule has 19 heavy (non-hydrogen) atoms. The summed E-state index contributed by atoms with van der Waals surface area (Å²) in [5, 5.41) is 0.631. The molecule has 0 spiro atoms. The number of nitrogens with two attached hydrogens (primary N) is 1. The van der Waals surface area contributed by atoms with Gasteiger partial charge in [0.25, 0.3) is 0 Å². The second-order valence-electron chi connectivity index (χ2n) is 4.12. The summed E-state index contributed by atoms with van der Waals surface area (Å²) in [6, 6.07) is 3.23. The van der Waals surface area contributed by atoms with Gasteiger partial charge in [0.15, 0.2) is 0 Å². The first-order valence-corrected chi connectivity index (χ1v) is 6.45. The lowest BCUT2D eigenvalue weighted by atomic mass is 10.2. The van der Waals surface area contributed by atoms with E-state index in [0.29, 0.717) is 28.3 Å². The number of nitrogens with zero attached hydrogens (tertiary/aromatic N) is 1. The van der Waals surface area contributed by atoms with Crippen molar-refractivity contribution in [3.8, 4) is 0 Å². The standard InChI is InChI=1S/C12H13F3N2OS/c1-18-5-4-8(16)11-17-9-6-7(12(13,14)15)2-3-10(9)19-11/h2-3,6,8H,4-5,16H2,1H3. The van der Waals surface area contributed by atoms with Gasteiger partial charge in [-0.2, -0.15) is 13.2 Å². The van der Waals surface area contributed by atoms with Crippen molar-refractivity contribution in [2.45, 2.75) is 18.6 Å². The van der Waals surface area contributed by atoms with Gasteiger partial charge >= 0.3 is 6.18 Å². The minimum atomic E-state index is -4.35. The van der Waals surface area contributed by atoms with Crippen LogP contribution in [0.15, 0.2) is 18.2 Å². The highest BCUT2D eigenvalue weighted by molar-refractivity contribution is 7.18. The van der Waals surface area contributed by atoms with Crippen LogP contribution < -0.4 is 5.73 Å². The van der Waals surface area contributed by atoms with Crippen molar-refractivity contribution in [1.29, 1.82) is 0 Å². The van der Waals surface area contributed by atoms with Crippen LogP contribution in [0.5, 0.6) is 0 Å². The third-order valence-corrected chi connectivity index (χ3v) is 3.85. The van der Waals surface area contributed by atoms with Gasteiger partial charge in [-0.3, -0.25) is 0 Å². The second kappa shape index (κ2) is 5.44. The van der Waals surface area contributed by atoms with Crippen LogP contribution in [0.25, 0.3) is 10.2 Å². The third kappa shape index (κ3) is 3.23. The van der Waals surface area contributed by atoms with Crippen molar-refractivity contribution in [1.82, 2.24) is 4.98 Å². The summed E-state index contributed by atoms with van der Waals surface area (Å²) in [5.74, 6) is 0. The molecule has 3 nitrogen and oxygen atoms in total. The third-order valence-electron chi connectivity index (χ3n) is 2.68. The van der Waals surface area contributed by atoms with E-state index in [2.05, 4.69) is 4.98 Å². The number of hydrogen-bond acceptors (Lipinski definition) is 4. The molecule has 0 saturated heterocycles. The fourth-order valence-corrected chi connectivity index (χ4v) is 2.63. The molecule has 0 aliphatic heterocycles. The molecule has 0 radical (unpaired) electrons. The predicted octanol–water partition coefficient (Wildman–Crippen LogP) is 3.35. The molecule has 0 aliphatic carbocycles. The minimum absolute atomic E-state index is 0.313. The van der Waals surface area contributed by atoms with Crippen LogP contribution in [0.3, 0.4) is 0 Å². The number of aromatic nitrogens is 1. The first-order valence-electron chi connectivity index (χ1n) is 5.64. The smallest absolute Gasteiger partial charge is 0.385 e. The van der Waals surface area contributed by atoms with Crippen LogP contribution in [0.2, 0.25) is 0 Å². The molecule has 0 aliphatic rings. The predicted molar refractivity (Wildman–Crippen MR) is 68.0 cm³/mol. The SMILES string of the molecule is COCCC(N)c1nc2cc(C(F)(F)F)ccc2s1. The molecule has 1 aromatic heterocycles. The van der Waals surface area contributed by atoms with Gasteiger partial charge in [0.2, 0.25) is 0 Å². The number of ether oxygens (including phenoxy) is 1. The van der Waals surface area contributed by atoms with E-state index in [9.17, 15) is 13.2 Å². The maximum atomic E-state index is 12.6. The molecule has 1 unspecified atom stereocenters. The van der Waals surface area contributed by atoms with Crippen molar-refractivity contribution in [3.63, 3.8) is 0 Å². The van der Waals surface area contributed by atoms with Gasteiger partial charge in [0.1, 0.15) is 5.01 Å². The molecule has 2 N–H and O–H groups in total. The van der Waals surface area contributed by atoms with Gasteiger partial charge in [-0.1, -0.05) is 0 Å². The zero-order chi connectivity index (χ0) is 14.0. The maximum absolute atomic E-state index is 12.6. The largest absolute Gasteiger partial charge is 0.416 e. The highest BCUT2D eigenvalue weighted by Gasteiger charge is 2.30. The van der Waals surface area contributed by atoms with Gasteiger partial charge < -0.3 is 10.5 Å². The maximum Gasteiger partial charge on any atom is 0.416 e. The molecular formula is C12H13F3N2OS. The van der Waals surface area contributed by atoms with Crippen LogP contribution in [-0.4, -0.2) is 18.7 Å². The van der Waals surface area contributed by atoms with E-state index in [0.717, 1.165) is 12.1 Å². The Morgan fingerprint density at radius 2 is 2.16 bits per heavy atom. The highest BCUT2D eigenvalue weighted by atomic mass is 32.1. The number of benzene rings is 1. The number of halogens is 3. The zero-order valence-electron chi connectivity index (χ0n) is 10.2. The Morgan fingerprint density at radius 1 is 1.42 bits per heavy atom. The first-order chi connectivity index (χ1) is 8.91. The number of hydrogen-bond donors (Lipinski definition) is 1. The summed E-state index contributed by atoms with van der Waals surface area (Å²) in [5.41, 5.74) is 5.56. The molecule has 0 bridgehead atoms. The quantitative estimate of drug-likeness (QED) is 0.939. The van der Waals surface area contributed by atoms with E-state index in [1.807, 2.05) is 0 Å². The van der Waals surface area contributed by atoms with Crippen LogP contribution in [-0.2, 0) is 10.9 Å². The number of fused-ring (bicyclic) bond motifs is 1. The molecule has 2 rings (SSSR count). The van der Waals surface area contributed by atoms with Gasteiger partial charge in [0.05, 0.1) is 21.8 Å². The molecule has 2 aromatic rings. The van der Waals surface area contributed by atoms with Crippen molar-refractivity contribution in [2.24, 2.45) is 5.73 Å². The lowest BCUT2D eigenvalue weighted by Gasteiger charge is -2.06. The Morgan fingerprint density at radius 3 is 2.79 bits per heavy atom. The van der Waals surface area contributed by atoms with Gasteiger partial charge in [-0.15, -0.1) is 11.3 Å². The zero-order valence-corrected chi connectivity index (χ0v) is 11.0. The minimum Gasteiger partial charge on any atom is -0.385 e. The Hall–Kier alpha value is -1.18. The number of methoxy groups -OCH3 is 1. The van der Waals surface area contributed by atoms with Crippen LogP contribution in [0, 0.1) is 0 Å². The molecule has 7 heteroatoms. The van der Waals surface area contributed by atoms with E-state index in [-0.39, 0.29) is 6.04 Å². The Labute approximate surface area is 112 Å². The first kappa shape index (κ1) is 14.2. The van der Waals surface area contributed by atoms with Crippen molar-refractivity contribution >= 4 is 21.6 Å². The summed E-state index contributed by atoms with van der Waals surface area (Å²) >= 11 is 1.32. The Balaban J connectivity index is 2.30. The van der Waals surface area contributed by atoms with E-state index in [4.69, 9.17) is 10.5 Å². The lowest BCUT2D eigenvalue weighted by molar-refractivity contribution is -0.137. The normalized spacial score (nSPS) is 13.9. The molecule has 1 heterocycles. The average molecular weight is 290 g/mol. The van der Waals surface area contributed by atoms with E-state index in [1.165, 1.54) is 17.4 Å². The lowest BCUT2D eigenvalue weighted by Crippen LogP contribution is -2.12. The fourth-order valence-electron chi connectivity index (χ4n) is 1.65. The summed E-state index contributed by atoms with van der Waals surface area (Å²) in [6.07, 6.45) is -3.77. The highest BCUT2D eigenvalue weighted by Crippen LogP contribution is 2.34. The van der Waals surface area contributed by atoms with Gasteiger partial charge in [-0.25, -0.2) is 4.98 Å². The monoisotopic (exact) mass is 290 g/mol. The van der Waals surface area contributed by atoms with Gasteiger partial charge in [-0.05, 0) is 24.6 Å². The topological polar surface area (TPSA) is 48.1 Å². The molecule has 1 atom stereocenters. The summed E-state index contributed by atoms with van der Waals surface area (Å²) in [6.45, 7) is 0.491. The molecule has 0 saturated carbocycles. The molecule has 0 fully saturated rings. The summed E-state index contributed by atoms with van der Waals surface area (Å²) in [7, 11) is 1.57. The summed E-state index contributed by atoms with van der Waals surface area (Å²) < 4.78 is 43.4. The Bertz CT molecular complexity index is 568. The average Bonchev–Trinajstić information content (AvgIpc) is 2.77. The second-order valence-corrected chi connectivity index (χ2v) is 5.18. The fraction of sp³-hybridized carbons (Fsp3) is 0.417. The van der Waals surface area contributed by atoms with E-state index in [1.54, 1.807) is 7.11 Å². The van der Waals surface area contributed by atoms with Crippen molar-refractivity contribution in [2.75, 3.05) is 13.7 Å². The van der Waals surface area contributed by atoms with Crippen LogP contribution >= 0.6 is 11.3 Å². The molecule has 104 valence electrons. The summed E-state index contributed by atoms with van der Waals surface area (Å²) in [4.78, 5) is 4.18. The van der Waals surface area contributed by atoms with Gasteiger partial charge in [0, 0.05) is 13.7 Å². The van der Waals surface area contributed by atoms with Crippen LogP contribution in [0.1, 0.15) is 23.0 Å². The van der Waals surface area contributed by atoms with Crippen LogP contribution in [0.4, 0.5) is 13.2 Å². The van der Waals surface area contributed by atoms with E-state index < -0.39 is 11.7 Å². The number of thiazole rings is 1. The molecule has 0 amide bonds. The van der Waals surface area contributed by atoms with Crippen molar-refractivity contribution in [3.05, 3.63) is 28.8 Å². The number of alkyl halides is 3. The molecule has 1 aromatic carbocycles. The van der Waals surface area contributed by atoms with Crippen molar-refractivity contribution < 1.29 is 17.9 Å². The Kier molecular flexibility index (Phi) is 4.07. The number of rotatable bonds is 4. The van der Waals surface area contributed by atoms with E-state index >= 15 is 0 Å². The molecular weight excluding hydrogens is 277 g/mol.